The summed E-state index contributed by atoms with van der Waals surface area (Å²) in [6.45, 7) is 4.71. The SMILES string of the molecule is C.CCOC(=O)/C=C/C(C1CC1)C1CC1.CCOC(=O)CCC(C1CC1)C1CC1. The van der Waals surface area contributed by atoms with E-state index in [0.29, 0.717) is 25.6 Å². The number of rotatable bonds is 11. The zero-order valence-corrected chi connectivity index (χ0v) is 17.7. The monoisotopic (exact) mass is 406 g/mol. The number of esters is 2. The number of hydrogen-bond donors (Lipinski definition) is 0. The average Bonchev–Trinajstić information content (AvgIpc) is 3.48. The van der Waals surface area contributed by atoms with Crippen molar-refractivity contribution in [3.05, 3.63) is 12.2 Å². The molecular weight excluding hydrogens is 364 g/mol. The van der Waals surface area contributed by atoms with Crippen LogP contribution in [-0.4, -0.2) is 25.2 Å². The Balaban J connectivity index is 0.000000200. The molecule has 0 bridgehead atoms. The molecule has 4 rings (SSSR count). The van der Waals surface area contributed by atoms with E-state index >= 15 is 0 Å². The van der Waals surface area contributed by atoms with Crippen molar-refractivity contribution in [3.8, 4) is 0 Å². The molecule has 0 spiro atoms. The molecule has 0 N–H and O–H groups in total. The lowest BCUT2D eigenvalue weighted by molar-refractivity contribution is -0.143. The number of ether oxygens (including phenoxy) is 2. The number of allylic oxidation sites excluding steroid dienone is 1. The molecule has 4 nitrogen and oxygen atoms in total. The summed E-state index contributed by atoms with van der Waals surface area (Å²) in [5.74, 6) is 4.98. The van der Waals surface area contributed by atoms with Crippen LogP contribution in [0.1, 0.15) is 85.5 Å². The summed E-state index contributed by atoms with van der Waals surface area (Å²) < 4.78 is 9.82. The molecule has 0 amide bonds. The zero-order chi connectivity index (χ0) is 19.9. The fraction of sp³-hybridized carbons (Fsp3) is 0.840. The molecule has 0 aromatic rings. The Labute approximate surface area is 177 Å². The molecule has 4 saturated carbocycles. The van der Waals surface area contributed by atoms with Gasteiger partial charge in [0.1, 0.15) is 0 Å². The molecule has 0 aromatic carbocycles. The zero-order valence-electron chi connectivity index (χ0n) is 17.7. The Morgan fingerprint density at radius 2 is 1.31 bits per heavy atom. The first-order valence-corrected chi connectivity index (χ1v) is 11.6. The third-order valence-corrected chi connectivity index (χ3v) is 6.52. The lowest BCUT2D eigenvalue weighted by Gasteiger charge is -2.14. The molecule has 0 aromatic heterocycles. The van der Waals surface area contributed by atoms with Crippen LogP contribution >= 0.6 is 0 Å². The fourth-order valence-corrected chi connectivity index (χ4v) is 4.46. The third kappa shape index (κ3) is 8.92. The predicted octanol–water partition coefficient (Wildman–Crippen LogP) is 5.94. The molecule has 0 aliphatic heterocycles. The number of hydrogen-bond acceptors (Lipinski definition) is 4. The van der Waals surface area contributed by atoms with E-state index in [-0.39, 0.29) is 19.4 Å². The summed E-state index contributed by atoms with van der Waals surface area (Å²) >= 11 is 0. The van der Waals surface area contributed by atoms with Crippen molar-refractivity contribution < 1.29 is 19.1 Å². The van der Waals surface area contributed by atoms with E-state index in [0.717, 1.165) is 36.0 Å². The van der Waals surface area contributed by atoms with Gasteiger partial charge in [0.05, 0.1) is 13.2 Å². The molecule has 0 saturated heterocycles. The standard InChI is InChI=1S/C12H20O2.C12H18O2.CH4/c2*1-2-14-12(13)8-7-11(9-3-4-9)10-5-6-10;/h9-11H,2-8H2,1H3;7-11H,2-6H2,1H3;1H4/b;8-7+;. The Morgan fingerprint density at radius 3 is 1.72 bits per heavy atom. The maximum Gasteiger partial charge on any atom is 0.330 e. The lowest BCUT2D eigenvalue weighted by Crippen LogP contribution is -2.11. The molecular formula is C25H42O4. The highest BCUT2D eigenvalue weighted by atomic mass is 16.5. The third-order valence-electron chi connectivity index (χ3n) is 6.52. The van der Waals surface area contributed by atoms with E-state index in [1.165, 1.54) is 51.4 Å². The van der Waals surface area contributed by atoms with Gasteiger partial charge in [-0.1, -0.05) is 13.5 Å². The van der Waals surface area contributed by atoms with E-state index in [2.05, 4.69) is 6.08 Å². The quantitative estimate of drug-likeness (QED) is 0.314. The summed E-state index contributed by atoms with van der Waals surface area (Å²) in [6.07, 6.45) is 16.5. The largest absolute Gasteiger partial charge is 0.466 e. The first-order valence-electron chi connectivity index (χ1n) is 11.6. The van der Waals surface area contributed by atoms with Crippen molar-refractivity contribution in [2.45, 2.75) is 85.5 Å². The maximum absolute atomic E-state index is 11.2. The predicted molar refractivity (Wildman–Crippen MR) is 116 cm³/mol. The first-order chi connectivity index (χ1) is 13.6. The Morgan fingerprint density at radius 1 is 0.828 bits per heavy atom. The normalized spacial score (nSPS) is 20.8. The van der Waals surface area contributed by atoms with Crippen LogP contribution in [0, 0.1) is 35.5 Å². The van der Waals surface area contributed by atoms with Gasteiger partial charge in [-0.15, -0.1) is 0 Å². The van der Waals surface area contributed by atoms with Crippen molar-refractivity contribution in [2.24, 2.45) is 35.5 Å². The second-order valence-electron chi connectivity index (χ2n) is 9.05. The van der Waals surface area contributed by atoms with Crippen LogP contribution in [0.15, 0.2) is 12.2 Å². The van der Waals surface area contributed by atoms with Crippen molar-refractivity contribution in [3.63, 3.8) is 0 Å². The van der Waals surface area contributed by atoms with Gasteiger partial charge in [-0.25, -0.2) is 4.79 Å². The van der Waals surface area contributed by atoms with Crippen LogP contribution in [-0.2, 0) is 19.1 Å². The minimum Gasteiger partial charge on any atom is -0.466 e. The number of carbonyl (C=O) groups excluding carboxylic acids is 2. The second-order valence-corrected chi connectivity index (χ2v) is 9.05. The van der Waals surface area contributed by atoms with Gasteiger partial charge in [0.2, 0.25) is 0 Å². The van der Waals surface area contributed by atoms with Crippen molar-refractivity contribution in [1.82, 2.24) is 0 Å². The van der Waals surface area contributed by atoms with Gasteiger partial charge < -0.3 is 9.47 Å². The molecule has 0 atom stereocenters. The van der Waals surface area contributed by atoms with Crippen molar-refractivity contribution >= 4 is 11.9 Å². The van der Waals surface area contributed by atoms with Crippen LogP contribution in [0.25, 0.3) is 0 Å². The smallest absolute Gasteiger partial charge is 0.330 e. The highest BCUT2D eigenvalue weighted by Crippen LogP contribution is 2.51. The van der Waals surface area contributed by atoms with Crippen molar-refractivity contribution in [1.29, 1.82) is 0 Å². The van der Waals surface area contributed by atoms with E-state index in [1.54, 1.807) is 6.08 Å². The molecule has 0 unspecified atom stereocenters. The minimum absolute atomic E-state index is 0. The molecule has 0 heterocycles. The van der Waals surface area contributed by atoms with Gasteiger partial charge in [-0.2, -0.15) is 0 Å². The molecule has 0 radical (unpaired) electrons. The summed E-state index contributed by atoms with van der Waals surface area (Å²) in [4.78, 5) is 22.3. The van der Waals surface area contributed by atoms with Gasteiger partial charge in [0.15, 0.2) is 0 Å². The van der Waals surface area contributed by atoms with Gasteiger partial charge in [-0.05, 0) is 107 Å². The Bertz CT molecular complexity index is 515. The highest BCUT2D eigenvalue weighted by molar-refractivity contribution is 5.81. The Kier molecular flexibility index (Phi) is 9.71. The van der Waals surface area contributed by atoms with Crippen LogP contribution < -0.4 is 0 Å². The first kappa shape index (κ1) is 24.0. The van der Waals surface area contributed by atoms with Crippen LogP contribution in [0.5, 0.6) is 0 Å². The molecule has 4 fully saturated rings. The van der Waals surface area contributed by atoms with Crippen LogP contribution in [0.4, 0.5) is 0 Å². The van der Waals surface area contributed by atoms with E-state index in [1.807, 2.05) is 13.8 Å². The van der Waals surface area contributed by atoms with Gasteiger partial charge >= 0.3 is 11.9 Å². The van der Waals surface area contributed by atoms with E-state index in [9.17, 15) is 9.59 Å². The van der Waals surface area contributed by atoms with E-state index in [4.69, 9.17) is 9.47 Å². The van der Waals surface area contributed by atoms with Crippen LogP contribution in [0.2, 0.25) is 0 Å². The average molecular weight is 407 g/mol. The van der Waals surface area contributed by atoms with Crippen LogP contribution in [0.3, 0.4) is 0 Å². The van der Waals surface area contributed by atoms with Gasteiger partial charge in [0, 0.05) is 12.5 Å². The molecule has 4 heteroatoms. The maximum atomic E-state index is 11.2. The summed E-state index contributed by atoms with van der Waals surface area (Å²) in [5, 5.41) is 0. The molecule has 4 aliphatic rings. The van der Waals surface area contributed by atoms with Gasteiger partial charge in [0.25, 0.3) is 0 Å². The molecule has 4 aliphatic carbocycles. The molecule has 29 heavy (non-hydrogen) atoms. The lowest BCUT2D eigenvalue weighted by atomic mass is 9.93. The Hall–Kier alpha value is -1.32. The van der Waals surface area contributed by atoms with E-state index < -0.39 is 0 Å². The number of carbonyl (C=O) groups is 2. The van der Waals surface area contributed by atoms with Gasteiger partial charge in [-0.3, -0.25) is 4.79 Å². The summed E-state index contributed by atoms with van der Waals surface area (Å²) in [6, 6.07) is 0. The minimum atomic E-state index is -0.182. The second kappa shape index (κ2) is 11.8. The summed E-state index contributed by atoms with van der Waals surface area (Å²) in [5.41, 5.74) is 0. The molecule has 166 valence electrons. The topological polar surface area (TPSA) is 52.6 Å². The summed E-state index contributed by atoms with van der Waals surface area (Å²) in [7, 11) is 0. The highest BCUT2D eigenvalue weighted by Gasteiger charge is 2.41. The fourth-order valence-electron chi connectivity index (χ4n) is 4.46. The van der Waals surface area contributed by atoms with Crippen molar-refractivity contribution in [2.75, 3.05) is 13.2 Å².